The SMILES string of the molecule is Cc1ccc(NC(=O)C(NC(=O)Cc2ccccc2)C(C)C)c2cccnc12. The van der Waals surface area contributed by atoms with Crippen LogP contribution in [0.4, 0.5) is 5.69 Å². The number of aryl methyl sites for hydroxylation is 1. The molecule has 0 fully saturated rings. The lowest BCUT2D eigenvalue weighted by Gasteiger charge is -2.22. The van der Waals surface area contributed by atoms with E-state index >= 15 is 0 Å². The molecule has 1 heterocycles. The van der Waals surface area contributed by atoms with Gasteiger partial charge in [0.1, 0.15) is 6.04 Å². The number of fused-ring (bicyclic) bond motifs is 1. The summed E-state index contributed by atoms with van der Waals surface area (Å²) in [6.07, 6.45) is 1.98. The second kappa shape index (κ2) is 8.65. The molecule has 2 aromatic carbocycles. The molecule has 0 saturated carbocycles. The molecule has 5 nitrogen and oxygen atoms in total. The Kier molecular flexibility index (Phi) is 6.04. The first-order chi connectivity index (χ1) is 13.5. The lowest BCUT2D eigenvalue weighted by atomic mass is 10.0. The third-order valence-electron chi connectivity index (χ3n) is 4.70. The minimum Gasteiger partial charge on any atom is -0.344 e. The van der Waals surface area contributed by atoms with E-state index in [9.17, 15) is 9.59 Å². The van der Waals surface area contributed by atoms with Crippen LogP contribution in [0, 0.1) is 12.8 Å². The van der Waals surface area contributed by atoms with Gasteiger partial charge in [-0.3, -0.25) is 14.6 Å². The van der Waals surface area contributed by atoms with Gasteiger partial charge < -0.3 is 10.6 Å². The third kappa shape index (κ3) is 4.55. The Bertz CT molecular complexity index is 984. The summed E-state index contributed by atoms with van der Waals surface area (Å²) in [5.41, 5.74) is 3.51. The Morgan fingerprint density at radius 2 is 1.75 bits per heavy atom. The maximum Gasteiger partial charge on any atom is 0.247 e. The summed E-state index contributed by atoms with van der Waals surface area (Å²) in [5, 5.41) is 6.73. The second-order valence-electron chi connectivity index (χ2n) is 7.27. The van der Waals surface area contributed by atoms with Crippen molar-refractivity contribution in [2.24, 2.45) is 5.92 Å². The highest BCUT2D eigenvalue weighted by atomic mass is 16.2. The van der Waals surface area contributed by atoms with E-state index in [-0.39, 0.29) is 24.2 Å². The molecule has 1 aromatic heterocycles. The van der Waals surface area contributed by atoms with Gasteiger partial charge in [0, 0.05) is 11.6 Å². The number of hydrogen-bond acceptors (Lipinski definition) is 3. The van der Waals surface area contributed by atoms with Gasteiger partial charge in [0.2, 0.25) is 11.8 Å². The molecule has 0 saturated heterocycles. The first-order valence-corrected chi connectivity index (χ1v) is 9.44. The summed E-state index contributed by atoms with van der Waals surface area (Å²) >= 11 is 0. The quantitative estimate of drug-likeness (QED) is 0.687. The number of nitrogens with zero attached hydrogens (tertiary/aromatic N) is 1. The Balaban J connectivity index is 1.75. The zero-order chi connectivity index (χ0) is 20.1. The van der Waals surface area contributed by atoms with Crippen LogP contribution in [0.3, 0.4) is 0 Å². The van der Waals surface area contributed by atoms with Gasteiger partial charge in [-0.1, -0.05) is 50.2 Å². The van der Waals surface area contributed by atoms with Gasteiger partial charge in [-0.25, -0.2) is 0 Å². The largest absolute Gasteiger partial charge is 0.344 e. The number of hydrogen-bond donors (Lipinski definition) is 2. The van der Waals surface area contributed by atoms with Gasteiger partial charge in [0.25, 0.3) is 0 Å². The minimum atomic E-state index is -0.621. The monoisotopic (exact) mass is 375 g/mol. The van der Waals surface area contributed by atoms with Crippen molar-refractivity contribution in [1.29, 1.82) is 0 Å². The third-order valence-corrected chi connectivity index (χ3v) is 4.70. The summed E-state index contributed by atoms with van der Waals surface area (Å²) in [4.78, 5) is 29.8. The highest BCUT2D eigenvalue weighted by Gasteiger charge is 2.24. The standard InChI is InChI=1S/C23H25N3O2/c1-15(2)21(26-20(27)14-17-8-5-4-6-9-17)23(28)25-19-12-11-16(3)22-18(19)10-7-13-24-22/h4-13,15,21H,14H2,1-3H3,(H,25,28)(H,26,27). The average molecular weight is 375 g/mol. The number of pyridine rings is 1. The summed E-state index contributed by atoms with van der Waals surface area (Å²) in [6, 6.07) is 16.5. The molecule has 5 heteroatoms. The van der Waals surface area contributed by atoms with E-state index in [1.807, 2.05) is 75.4 Å². The Morgan fingerprint density at radius 3 is 2.46 bits per heavy atom. The molecule has 3 rings (SSSR count). The number of nitrogens with one attached hydrogen (secondary N) is 2. The smallest absolute Gasteiger partial charge is 0.247 e. The molecule has 1 unspecified atom stereocenters. The molecule has 1 atom stereocenters. The fraction of sp³-hybridized carbons (Fsp3) is 0.261. The molecule has 0 bridgehead atoms. The van der Waals surface area contributed by atoms with Crippen LogP contribution in [0.25, 0.3) is 10.9 Å². The maximum absolute atomic E-state index is 12.9. The molecule has 28 heavy (non-hydrogen) atoms. The lowest BCUT2D eigenvalue weighted by molar-refractivity contribution is -0.127. The van der Waals surface area contributed by atoms with Crippen molar-refractivity contribution in [1.82, 2.24) is 10.3 Å². The number of carbonyl (C=O) groups excluding carboxylic acids is 2. The van der Waals surface area contributed by atoms with Crippen LogP contribution >= 0.6 is 0 Å². The fourth-order valence-electron chi connectivity index (χ4n) is 3.17. The van der Waals surface area contributed by atoms with Gasteiger partial charge in [-0.15, -0.1) is 0 Å². The number of aromatic nitrogens is 1. The van der Waals surface area contributed by atoms with Crippen LogP contribution in [-0.4, -0.2) is 22.8 Å². The highest BCUT2D eigenvalue weighted by molar-refractivity contribution is 6.04. The summed E-state index contributed by atoms with van der Waals surface area (Å²) < 4.78 is 0. The predicted octanol–water partition coefficient (Wildman–Crippen LogP) is 3.87. The number of carbonyl (C=O) groups is 2. The van der Waals surface area contributed by atoms with Gasteiger partial charge >= 0.3 is 0 Å². The van der Waals surface area contributed by atoms with E-state index in [1.54, 1.807) is 6.20 Å². The molecule has 0 aliphatic rings. The van der Waals surface area contributed by atoms with Crippen molar-refractivity contribution in [2.75, 3.05) is 5.32 Å². The molecule has 2 N–H and O–H groups in total. The highest BCUT2D eigenvalue weighted by Crippen LogP contribution is 2.25. The molecule has 0 spiro atoms. The van der Waals surface area contributed by atoms with Crippen molar-refractivity contribution >= 4 is 28.4 Å². The van der Waals surface area contributed by atoms with E-state index in [4.69, 9.17) is 0 Å². The topological polar surface area (TPSA) is 71.1 Å². The van der Waals surface area contributed by atoms with Crippen LogP contribution in [0.2, 0.25) is 0 Å². The van der Waals surface area contributed by atoms with Crippen LogP contribution in [0.5, 0.6) is 0 Å². The molecule has 2 amide bonds. The van der Waals surface area contributed by atoms with Crippen LogP contribution in [0.1, 0.15) is 25.0 Å². The maximum atomic E-state index is 12.9. The van der Waals surface area contributed by atoms with Gasteiger partial charge in [-0.2, -0.15) is 0 Å². The summed E-state index contributed by atoms with van der Waals surface area (Å²) in [7, 11) is 0. The Labute approximate surface area is 165 Å². The second-order valence-corrected chi connectivity index (χ2v) is 7.27. The van der Waals surface area contributed by atoms with Gasteiger partial charge in [0.15, 0.2) is 0 Å². The van der Waals surface area contributed by atoms with E-state index in [0.29, 0.717) is 5.69 Å². The number of benzene rings is 2. The molecule has 3 aromatic rings. The van der Waals surface area contributed by atoms with Crippen molar-refractivity contribution in [3.05, 3.63) is 71.9 Å². The normalized spacial score (nSPS) is 12.0. The van der Waals surface area contributed by atoms with E-state index in [0.717, 1.165) is 22.0 Å². The first kappa shape index (κ1) is 19.5. The predicted molar refractivity (Wildman–Crippen MR) is 112 cm³/mol. The zero-order valence-electron chi connectivity index (χ0n) is 16.4. The molecule has 0 aliphatic heterocycles. The average Bonchev–Trinajstić information content (AvgIpc) is 2.69. The Morgan fingerprint density at radius 1 is 1.00 bits per heavy atom. The minimum absolute atomic E-state index is 0.0467. The molecule has 144 valence electrons. The van der Waals surface area contributed by atoms with Crippen LogP contribution in [-0.2, 0) is 16.0 Å². The van der Waals surface area contributed by atoms with Crippen LogP contribution < -0.4 is 10.6 Å². The first-order valence-electron chi connectivity index (χ1n) is 9.44. The fourth-order valence-corrected chi connectivity index (χ4v) is 3.17. The van der Waals surface area contributed by atoms with Crippen molar-refractivity contribution in [3.63, 3.8) is 0 Å². The number of anilines is 1. The van der Waals surface area contributed by atoms with Crippen molar-refractivity contribution in [2.45, 2.75) is 33.2 Å². The van der Waals surface area contributed by atoms with E-state index < -0.39 is 6.04 Å². The van der Waals surface area contributed by atoms with Gasteiger partial charge in [-0.05, 0) is 42.2 Å². The summed E-state index contributed by atoms with van der Waals surface area (Å²) in [6.45, 7) is 5.82. The van der Waals surface area contributed by atoms with Crippen LogP contribution in [0.15, 0.2) is 60.8 Å². The van der Waals surface area contributed by atoms with Crippen molar-refractivity contribution < 1.29 is 9.59 Å². The lowest BCUT2D eigenvalue weighted by Crippen LogP contribution is -2.47. The number of amides is 2. The van der Waals surface area contributed by atoms with E-state index in [2.05, 4.69) is 15.6 Å². The molecule has 0 radical (unpaired) electrons. The van der Waals surface area contributed by atoms with Gasteiger partial charge in [0.05, 0.1) is 17.6 Å². The number of rotatable bonds is 6. The van der Waals surface area contributed by atoms with E-state index in [1.165, 1.54) is 0 Å². The Hall–Kier alpha value is -3.21. The summed E-state index contributed by atoms with van der Waals surface area (Å²) in [5.74, 6) is -0.449. The molecular weight excluding hydrogens is 350 g/mol. The molecule has 0 aliphatic carbocycles. The van der Waals surface area contributed by atoms with Crippen molar-refractivity contribution in [3.8, 4) is 0 Å². The molecular formula is C23H25N3O2. The zero-order valence-corrected chi connectivity index (χ0v) is 16.4.